The molecule has 0 aliphatic carbocycles. The summed E-state index contributed by atoms with van der Waals surface area (Å²) in [5, 5.41) is 3.48. The highest BCUT2D eigenvalue weighted by Crippen LogP contribution is 2.13. The van der Waals surface area contributed by atoms with Crippen LogP contribution in [0.5, 0.6) is 0 Å². The largest absolute Gasteiger partial charge is 0.317 e. The quantitative estimate of drug-likeness (QED) is 0.290. The van der Waals surface area contributed by atoms with Crippen molar-refractivity contribution < 1.29 is 0 Å². The van der Waals surface area contributed by atoms with Gasteiger partial charge in [0.05, 0.1) is 0 Å². The van der Waals surface area contributed by atoms with Crippen molar-refractivity contribution in [2.75, 3.05) is 7.05 Å². The molecule has 0 amide bonds. The Kier molecular flexibility index (Phi) is 15.5. The zero-order valence-electron chi connectivity index (χ0n) is 13.6. The second-order valence-corrected chi connectivity index (χ2v) is 5.82. The highest BCUT2D eigenvalue weighted by Gasteiger charge is 2.05. The molecular weight excluding hydrogens is 230 g/mol. The molecule has 0 aliphatic heterocycles. The summed E-state index contributed by atoms with van der Waals surface area (Å²) in [6.45, 7) is 6.06. The van der Waals surface area contributed by atoms with Gasteiger partial charge < -0.3 is 5.32 Å². The molecule has 0 bridgehead atoms. The van der Waals surface area contributed by atoms with Gasteiger partial charge in [-0.05, 0) is 32.7 Å². The van der Waals surface area contributed by atoms with Crippen molar-refractivity contribution in [2.45, 2.75) is 96.4 Å². The molecule has 0 spiro atoms. The number of allylic oxidation sites excluding steroid dienone is 1. The molecule has 0 aromatic heterocycles. The van der Waals surface area contributed by atoms with Gasteiger partial charge in [0.1, 0.15) is 0 Å². The molecule has 0 fully saturated rings. The zero-order chi connectivity index (χ0) is 14.2. The van der Waals surface area contributed by atoms with Crippen LogP contribution in [0.25, 0.3) is 0 Å². The van der Waals surface area contributed by atoms with E-state index in [1.165, 1.54) is 83.5 Å². The van der Waals surface area contributed by atoms with E-state index in [1.54, 1.807) is 0 Å². The smallest absolute Gasteiger partial charge is 0.00640 e. The summed E-state index contributed by atoms with van der Waals surface area (Å²) in [5.41, 5.74) is 0. The van der Waals surface area contributed by atoms with Crippen molar-refractivity contribution >= 4 is 0 Å². The minimum atomic E-state index is 0.749. The Balaban J connectivity index is 3.31. The highest BCUT2D eigenvalue weighted by molar-refractivity contribution is 4.68. The first-order chi connectivity index (χ1) is 9.35. The molecule has 0 heterocycles. The minimum absolute atomic E-state index is 0.749. The average Bonchev–Trinajstić information content (AvgIpc) is 2.44. The van der Waals surface area contributed by atoms with E-state index >= 15 is 0 Å². The van der Waals surface area contributed by atoms with Gasteiger partial charge in [0.2, 0.25) is 0 Å². The zero-order valence-corrected chi connectivity index (χ0v) is 13.6. The third-order valence-electron chi connectivity index (χ3n) is 4.03. The fourth-order valence-corrected chi connectivity index (χ4v) is 2.64. The monoisotopic (exact) mass is 267 g/mol. The van der Waals surface area contributed by atoms with E-state index in [-0.39, 0.29) is 0 Å². The van der Waals surface area contributed by atoms with Gasteiger partial charge in [0.25, 0.3) is 0 Å². The lowest BCUT2D eigenvalue weighted by Gasteiger charge is -2.15. The van der Waals surface area contributed by atoms with Crippen LogP contribution in [0.15, 0.2) is 12.7 Å². The fourth-order valence-electron chi connectivity index (χ4n) is 2.64. The van der Waals surface area contributed by atoms with Crippen LogP contribution in [0.1, 0.15) is 90.4 Å². The Morgan fingerprint density at radius 3 is 1.89 bits per heavy atom. The van der Waals surface area contributed by atoms with Crippen molar-refractivity contribution in [2.24, 2.45) is 0 Å². The summed E-state index contributed by atoms with van der Waals surface area (Å²) in [6.07, 6.45) is 19.9. The summed E-state index contributed by atoms with van der Waals surface area (Å²) >= 11 is 0. The number of unbranched alkanes of at least 4 members (excludes halogenated alkanes) is 9. The Hall–Kier alpha value is -0.300. The van der Waals surface area contributed by atoms with Crippen LogP contribution in [0, 0.1) is 0 Å². The summed E-state index contributed by atoms with van der Waals surface area (Å²) in [7, 11) is 2.12. The van der Waals surface area contributed by atoms with E-state index in [1.807, 2.05) is 6.08 Å². The maximum absolute atomic E-state index is 3.77. The molecule has 0 saturated carbocycles. The van der Waals surface area contributed by atoms with Gasteiger partial charge in [-0.1, -0.05) is 70.8 Å². The molecule has 0 saturated heterocycles. The first kappa shape index (κ1) is 18.7. The standard InChI is InChI=1S/C18H37N/c1-4-6-8-10-11-13-15-17-18(19-3)16-14-12-9-7-5-2/h5,18-19H,2,4,6-17H2,1,3H3. The molecule has 0 radical (unpaired) electrons. The van der Waals surface area contributed by atoms with Gasteiger partial charge in [-0.3, -0.25) is 0 Å². The first-order valence-corrected chi connectivity index (χ1v) is 8.63. The summed E-state index contributed by atoms with van der Waals surface area (Å²) in [5.74, 6) is 0. The molecule has 1 N–H and O–H groups in total. The van der Waals surface area contributed by atoms with E-state index in [4.69, 9.17) is 0 Å². The van der Waals surface area contributed by atoms with E-state index < -0.39 is 0 Å². The maximum atomic E-state index is 3.77. The van der Waals surface area contributed by atoms with Crippen molar-refractivity contribution in [1.29, 1.82) is 0 Å². The maximum Gasteiger partial charge on any atom is 0.00640 e. The summed E-state index contributed by atoms with van der Waals surface area (Å²) in [4.78, 5) is 0. The third kappa shape index (κ3) is 13.9. The molecule has 0 aromatic carbocycles. The lowest BCUT2D eigenvalue weighted by molar-refractivity contribution is 0.438. The van der Waals surface area contributed by atoms with Gasteiger partial charge in [-0.25, -0.2) is 0 Å². The van der Waals surface area contributed by atoms with Crippen LogP contribution in [0.2, 0.25) is 0 Å². The Morgan fingerprint density at radius 2 is 1.37 bits per heavy atom. The molecule has 114 valence electrons. The van der Waals surface area contributed by atoms with E-state index in [0.717, 1.165) is 6.04 Å². The molecular formula is C18H37N. The molecule has 0 aliphatic rings. The lowest BCUT2D eigenvalue weighted by Crippen LogP contribution is -2.24. The predicted octanol–water partition coefficient (Wildman–Crippen LogP) is 5.85. The molecule has 1 unspecified atom stereocenters. The van der Waals surface area contributed by atoms with Crippen LogP contribution in [-0.4, -0.2) is 13.1 Å². The van der Waals surface area contributed by atoms with Crippen LogP contribution >= 0.6 is 0 Å². The molecule has 0 rings (SSSR count). The Morgan fingerprint density at radius 1 is 0.842 bits per heavy atom. The highest BCUT2D eigenvalue weighted by atomic mass is 14.9. The van der Waals surface area contributed by atoms with Gasteiger partial charge in [0, 0.05) is 6.04 Å². The second kappa shape index (κ2) is 15.8. The summed E-state index contributed by atoms with van der Waals surface area (Å²) in [6, 6.07) is 0.749. The van der Waals surface area contributed by atoms with Gasteiger partial charge in [-0.2, -0.15) is 0 Å². The normalized spacial score (nSPS) is 12.5. The van der Waals surface area contributed by atoms with Crippen LogP contribution in [0.3, 0.4) is 0 Å². The SMILES string of the molecule is C=CCCCCCC(CCCCCCCCC)NC. The van der Waals surface area contributed by atoms with Crippen molar-refractivity contribution in [3.8, 4) is 0 Å². The number of hydrogen-bond donors (Lipinski definition) is 1. The second-order valence-electron chi connectivity index (χ2n) is 5.82. The van der Waals surface area contributed by atoms with Crippen molar-refractivity contribution in [3.63, 3.8) is 0 Å². The van der Waals surface area contributed by atoms with Gasteiger partial charge in [-0.15, -0.1) is 6.58 Å². The average molecular weight is 268 g/mol. The van der Waals surface area contributed by atoms with Crippen LogP contribution in [-0.2, 0) is 0 Å². The third-order valence-corrected chi connectivity index (χ3v) is 4.03. The van der Waals surface area contributed by atoms with Gasteiger partial charge >= 0.3 is 0 Å². The van der Waals surface area contributed by atoms with Gasteiger partial charge in [0.15, 0.2) is 0 Å². The minimum Gasteiger partial charge on any atom is -0.317 e. The molecule has 1 nitrogen and oxygen atoms in total. The van der Waals surface area contributed by atoms with E-state index in [0.29, 0.717) is 0 Å². The fraction of sp³-hybridized carbons (Fsp3) is 0.889. The molecule has 1 heteroatoms. The number of nitrogens with one attached hydrogen (secondary N) is 1. The topological polar surface area (TPSA) is 12.0 Å². The predicted molar refractivity (Wildman–Crippen MR) is 88.7 cm³/mol. The summed E-state index contributed by atoms with van der Waals surface area (Å²) < 4.78 is 0. The van der Waals surface area contributed by atoms with Crippen molar-refractivity contribution in [3.05, 3.63) is 12.7 Å². The Bertz CT molecular complexity index is 177. The molecule has 0 aromatic rings. The van der Waals surface area contributed by atoms with Crippen LogP contribution < -0.4 is 5.32 Å². The van der Waals surface area contributed by atoms with Crippen LogP contribution in [0.4, 0.5) is 0 Å². The number of rotatable bonds is 15. The molecule has 1 atom stereocenters. The van der Waals surface area contributed by atoms with E-state index in [2.05, 4.69) is 25.9 Å². The number of hydrogen-bond acceptors (Lipinski definition) is 1. The lowest BCUT2D eigenvalue weighted by atomic mass is 10.0. The Labute approximate surface area is 122 Å². The first-order valence-electron chi connectivity index (χ1n) is 8.63. The van der Waals surface area contributed by atoms with E-state index in [9.17, 15) is 0 Å². The molecule has 19 heavy (non-hydrogen) atoms. The van der Waals surface area contributed by atoms with Crippen molar-refractivity contribution in [1.82, 2.24) is 5.32 Å².